The van der Waals surface area contributed by atoms with Crippen molar-refractivity contribution >= 4 is 5.78 Å². The van der Waals surface area contributed by atoms with E-state index in [2.05, 4.69) is 4.98 Å². The first-order valence-electron chi connectivity index (χ1n) is 4.46. The molecule has 0 saturated carbocycles. The highest BCUT2D eigenvalue weighted by atomic mass is 19.4. The number of nitrogens with zero attached hydrogens (tertiary/aromatic N) is 2. The molecule has 0 fully saturated rings. The fraction of sp³-hybridized carbons (Fsp3) is 0.556. The molecule has 0 unspecified atom stereocenters. The molecule has 0 atom stereocenters. The van der Waals surface area contributed by atoms with Gasteiger partial charge in [-0.05, 0) is 6.42 Å². The van der Waals surface area contributed by atoms with Gasteiger partial charge in [0.05, 0.1) is 12.5 Å². The van der Waals surface area contributed by atoms with Gasteiger partial charge >= 0.3 is 6.18 Å². The van der Waals surface area contributed by atoms with Crippen molar-refractivity contribution in [3.8, 4) is 0 Å². The van der Waals surface area contributed by atoms with E-state index in [0.717, 1.165) is 0 Å². The molecule has 0 aliphatic carbocycles. The number of aryl methyl sites for hydroxylation is 1. The minimum Gasteiger partial charge on any atom is -0.331 e. The van der Waals surface area contributed by atoms with Crippen LogP contribution in [0.1, 0.15) is 29.8 Å². The number of rotatable bonds is 4. The van der Waals surface area contributed by atoms with Crippen molar-refractivity contribution in [2.75, 3.05) is 0 Å². The smallest absolute Gasteiger partial charge is 0.331 e. The summed E-state index contributed by atoms with van der Waals surface area (Å²) in [6.45, 7) is 0. The minimum atomic E-state index is -4.19. The van der Waals surface area contributed by atoms with Gasteiger partial charge in [0.15, 0.2) is 5.78 Å². The molecule has 0 saturated heterocycles. The van der Waals surface area contributed by atoms with E-state index in [-0.39, 0.29) is 18.6 Å². The molecule has 0 aliphatic heterocycles. The molecule has 6 heteroatoms. The highest BCUT2D eigenvalue weighted by Crippen LogP contribution is 2.22. The van der Waals surface area contributed by atoms with Crippen LogP contribution >= 0.6 is 0 Å². The lowest BCUT2D eigenvalue weighted by Crippen LogP contribution is -2.10. The molecule has 0 aliphatic rings. The van der Waals surface area contributed by atoms with Gasteiger partial charge in [-0.25, -0.2) is 4.98 Å². The van der Waals surface area contributed by atoms with Gasteiger partial charge in [0.2, 0.25) is 0 Å². The summed E-state index contributed by atoms with van der Waals surface area (Å²) in [5.41, 5.74) is 0.345. The maximum Gasteiger partial charge on any atom is 0.389 e. The number of halogens is 3. The van der Waals surface area contributed by atoms with Gasteiger partial charge in [0.1, 0.15) is 5.69 Å². The number of hydrogen-bond acceptors (Lipinski definition) is 2. The molecular formula is C9H11F3N2O. The van der Waals surface area contributed by atoms with E-state index in [0.29, 0.717) is 5.69 Å². The third kappa shape index (κ3) is 3.73. The monoisotopic (exact) mass is 220 g/mol. The Morgan fingerprint density at radius 1 is 1.53 bits per heavy atom. The highest BCUT2D eigenvalue weighted by molar-refractivity contribution is 5.94. The molecule has 0 bridgehead atoms. The van der Waals surface area contributed by atoms with Crippen molar-refractivity contribution < 1.29 is 18.0 Å². The zero-order valence-electron chi connectivity index (χ0n) is 8.21. The second-order valence-electron chi connectivity index (χ2n) is 3.28. The Morgan fingerprint density at radius 2 is 2.20 bits per heavy atom. The van der Waals surface area contributed by atoms with Gasteiger partial charge in [-0.15, -0.1) is 0 Å². The number of Topliss-reactive ketones (excluding diaryl/α,β-unsaturated/α-hetero) is 1. The normalized spacial score (nSPS) is 11.7. The number of carbonyl (C=O) groups excluding carboxylic acids is 1. The molecule has 1 aromatic heterocycles. The van der Waals surface area contributed by atoms with Gasteiger partial charge < -0.3 is 4.57 Å². The summed E-state index contributed by atoms with van der Waals surface area (Å²) < 4.78 is 36.9. The predicted molar refractivity (Wildman–Crippen MR) is 47.4 cm³/mol. The van der Waals surface area contributed by atoms with Crippen LogP contribution in [-0.2, 0) is 7.05 Å². The highest BCUT2D eigenvalue weighted by Gasteiger charge is 2.26. The van der Waals surface area contributed by atoms with Crippen LogP contribution in [-0.4, -0.2) is 21.5 Å². The Balaban J connectivity index is 2.41. The molecule has 1 aromatic rings. The summed E-state index contributed by atoms with van der Waals surface area (Å²) in [5.74, 6) is -0.306. The summed E-state index contributed by atoms with van der Waals surface area (Å²) in [6.07, 6.45) is -2.58. The van der Waals surface area contributed by atoms with Crippen LogP contribution < -0.4 is 0 Å². The Hall–Kier alpha value is -1.33. The molecule has 1 heterocycles. The Bertz CT molecular complexity index is 343. The summed E-state index contributed by atoms with van der Waals surface area (Å²) in [4.78, 5) is 15.1. The Kier molecular flexibility index (Phi) is 3.49. The first kappa shape index (κ1) is 11.7. The molecule has 3 nitrogen and oxygen atoms in total. The van der Waals surface area contributed by atoms with Crippen LogP contribution in [0.15, 0.2) is 12.5 Å². The third-order valence-electron chi connectivity index (χ3n) is 1.97. The van der Waals surface area contributed by atoms with E-state index >= 15 is 0 Å². The summed E-state index contributed by atoms with van der Waals surface area (Å²) in [7, 11) is 1.63. The maximum atomic E-state index is 11.8. The van der Waals surface area contributed by atoms with Crippen molar-refractivity contribution in [1.82, 2.24) is 9.55 Å². The second-order valence-corrected chi connectivity index (χ2v) is 3.28. The topological polar surface area (TPSA) is 34.9 Å². The van der Waals surface area contributed by atoms with Gasteiger partial charge in [0.25, 0.3) is 0 Å². The minimum absolute atomic E-state index is 0.0982. The fourth-order valence-corrected chi connectivity index (χ4v) is 1.20. The first-order chi connectivity index (χ1) is 6.90. The van der Waals surface area contributed by atoms with Crippen molar-refractivity contribution in [2.45, 2.75) is 25.4 Å². The number of ketones is 1. The van der Waals surface area contributed by atoms with Crippen LogP contribution in [0.4, 0.5) is 13.2 Å². The van der Waals surface area contributed by atoms with Gasteiger partial charge in [-0.3, -0.25) is 4.79 Å². The number of carbonyl (C=O) groups is 1. The lowest BCUT2D eigenvalue weighted by molar-refractivity contribution is -0.135. The van der Waals surface area contributed by atoms with Crippen LogP contribution in [0.5, 0.6) is 0 Å². The maximum absolute atomic E-state index is 11.8. The SMILES string of the molecule is Cn1cncc1C(=O)CCCC(F)(F)F. The molecule has 0 N–H and O–H groups in total. The van der Waals surface area contributed by atoms with Crippen molar-refractivity contribution in [3.05, 3.63) is 18.2 Å². The number of imidazole rings is 1. The molecule has 1 rings (SSSR count). The van der Waals surface area contributed by atoms with Crippen LogP contribution in [0.25, 0.3) is 0 Å². The Morgan fingerprint density at radius 3 is 2.67 bits per heavy atom. The van der Waals surface area contributed by atoms with Crippen LogP contribution in [0, 0.1) is 0 Å². The van der Waals surface area contributed by atoms with Crippen LogP contribution in [0.3, 0.4) is 0 Å². The summed E-state index contributed by atoms with van der Waals surface area (Å²) in [5, 5.41) is 0. The fourth-order valence-electron chi connectivity index (χ4n) is 1.20. The zero-order chi connectivity index (χ0) is 11.5. The summed E-state index contributed by atoms with van der Waals surface area (Å²) >= 11 is 0. The summed E-state index contributed by atoms with van der Waals surface area (Å²) in [6, 6.07) is 0. The van der Waals surface area contributed by atoms with E-state index in [1.54, 1.807) is 7.05 Å². The van der Waals surface area contributed by atoms with E-state index in [1.807, 2.05) is 0 Å². The van der Waals surface area contributed by atoms with Crippen LogP contribution in [0.2, 0.25) is 0 Å². The van der Waals surface area contributed by atoms with E-state index in [9.17, 15) is 18.0 Å². The number of hydrogen-bond donors (Lipinski definition) is 0. The quantitative estimate of drug-likeness (QED) is 0.730. The number of aromatic nitrogens is 2. The van der Waals surface area contributed by atoms with Gasteiger partial charge in [-0.1, -0.05) is 0 Å². The lowest BCUT2D eigenvalue weighted by atomic mass is 10.1. The second kappa shape index (κ2) is 4.46. The predicted octanol–water partition coefficient (Wildman–Crippen LogP) is 2.34. The number of alkyl halides is 3. The molecule has 0 amide bonds. The lowest BCUT2D eigenvalue weighted by Gasteiger charge is -2.05. The molecule has 0 aromatic carbocycles. The molecule has 15 heavy (non-hydrogen) atoms. The Labute approximate surface area is 84.9 Å². The van der Waals surface area contributed by atoms with Crippen molar-refractivity contribution in [3.63, 3.8) is 0 Å². The molecule has 0 radical (unpaired) electrons. The van der Waals surface area contributed by atoms with Gasteiger partial charge in [0, 0.05) is 19.9 Å². The average molecular weight is 220 g/mol. The van der Waals surface area contributed by atoms with E-state index in [4.69, 9.17) is 0 Å². The molecule has 0 spiro atoms. The third-order valence-corrected chi connectivity index (χ3v) is 1.97. The first-order valence-corrected chi connectivity index (χ1v) is 4.46. The standard InChI is InChI=1S/C9H11F3N2O/c1-14-6-13-5-7(14)8(15)3-2-4-9(10,11)12/h5-6H,2-4H2,1H3. The van der Waals surface area contributed by atoms with Crippen molar-refractivity contribution in [2.24, 2.45) is 7.05 Å². The molecule has 84 valence electrons. The van der Waals surface area contributed by atoms with Gasteiger partial charge in [-0.2, -0.15) is 13.2 Å². The van der Waals surface area contributed by atoms with Crippen molar-refractivity contribution in [1.29, 1.82) is 0 Å². The largest absolute Gasteiger partial charge is 0.389 e. The van der Waals surface area contributed by atoms with E-state index in [1.165, 1.54) is 17.1 Å². The van der Waals surface area contributed by atoms with E-state index < -0.39 is 12.6 Å². The average Bonchev–Trinajstić information content (AvgIpc) is 2.48. The zero-order valence-corrected chi connectivity index (χ0v) is 8.21. The molecular weight excluding hydrogens is 209 g/mol.